The number of thioether (sulfide) groups is 3. The van der Waals surface area contributed by atoms with Crippen LogP contribution in [0, 0.1) is 0 Å². The quantitative estimate of drug-likeness (QED) is 0.497. The van der Waals surface area contributed by atoms with Crippen LogP contribution >= 0.6 is 35.3 Å². The van der Waals surface area contributed by atoms with Crippen molar-refractivity contribution in [3.05, 3.63) is 21.6 Å². The highest BCUT2D eigenvalue weighted by Gasteiger charge is 2.49. The summed E-state index contributed by atoms with van der Waals surface area (Å²) in [6.07, 6.45) is 15.4. The molecule has 6 heteroatoms. The lowest BCUT2D eigenvalue weighted by atomic mass is 9.85. The molecule has 0 aromatic carbocycles. The monoisotopic (exact) mass is 489 g/mol. The van der Waals surface area contributed by atoms with Gasteiger partial charge in [-0.05, 0) is 38.5 Å². The first-order chi connectivity index (χ1) is 15.6. The Morgan fingerprint density at radius 1 is 1.00 bits per heavy atom. The second kappa shape index (κ2) is 9.20. The van der Waals surface area contributed by atoms with Gasteiger partial charge in [-0.15, -0.1) is 23.5 Å². The van der Waals surface area contributed by atoms with Gasteiger partial charge in [0.15, 0.2) is 0 Å². The van der Waals surface area contributed by atoms with Crippen LogP contribution in [-0.2, 0) is 0 Å². The minimum absolute atomic E-state index is 0.489. The molecule has 2 saturated carbocycles. The van der Waals surface area contributed by atoms with Crippen molar-refractivity contribution in [2.75, 3.05) is 7.05 Å². The Morgan fingerprint density at radius 3 is 2.72 bits per heavy atom. The summed E-state index contributed by atoms with van der Waals surface area (Å²) in [6, 6.07) is 2.73. The molecule has 6 rings (SSSR count). The second-order valence-corrected chi connectivity index (χ2v) is 14.7. The van der Waals surface area contributed by atoms with E-state index in [-0.39, 0.29) is 0 Å². The predicted molar refractivity (Wildman–Crippen MR) is 144 cm³/mol. The number of hydrogen-bond donors (Lipinski definition) is 1. The van der Waals surface area contributed by atoms with E-state index in [2.05, 4.69) is 72.5 Å². The third-order valence-electron chi connectivity index (χ3n) is 8.68. The van der Waals surface area contributed by atoms with Crippen molar-refractivity contribution in [2.24, 2.45) is 4.99 Å². The smallest absolute Gasteiger partial charge is 0.0675 e. The highest BCUT2D eigenvalue weighted by atomic mass is 32.2. The molecule has 8 unspecified atom stereocenters. The van der Waals surface area contributed by atoms with Crippen molar-refractivity contribution in [3.63, 3.8) is 0 Å². The van der Waals surface area contributed by atoms with Crippen molar-refractivity contribution in [3.8, 4) is 0 Å². The Morgan fingerprint density at radius 2 is 1.88 bits per heavy atom. The van der Waals surface area contributed by atoms with Gasteiger partial charge in [-0.3, -0.25) is 4.99 Å². The highest BCUT2D eigenvalue weighted by molar-refractivity contribution is 8.05. The Bertz CT molecular complexity index is 836. The number of rotatable bonds is 2. The number of nitrogens with zero attached hydrogens (tertiary/aromatic N) is 2. The van der Waals surface area contributed by atoms with Crippen molar-refractivity contribution in [2.45, 2.75) is 123 Å². The van der Waals surface area contributed by atoms with Gasteiger partial charge in [0.25, 0.3) is 0 Å². The zero-order valence-electron chi connectivity index (χ0n) is 19.9. The fourth-order valence-corrected chi connectivity index (χ4v) is 12.1. The van der Waals surface area contributed by atoms with E-state index >= 15 is 0 Å². The van der Waals surface area contributed by atoms with E-state index in [0.717, 1.165) is 46.7 Å². The van der Waals surface area contributed by atoms with Crippen LogP contribution in [0.2, 0.25) is 0 Å². The maximum atomic E-state index is 5.30. The standard InChI is InChI=1S/C26H39N3S3/c1-4-8-21-15(5-2)27-17-11-25-19(13-23(17)30-21)29(3)20-14-24-18(12-26(20)32-25)28-16-9-6-7-10-22(16)31-24/h8,16-18,20,22-24,26,28H,4-7,9-14H2,1-3H3/b21-8+. The highest BCUT2D eigenvalue weighted by Crippen LogP contribution is 2.53. The van der Waals surface area contributed by atoms with Gasteiger partial charge in [0.05, 0.1) is 6.04 Å². The summed E-state index contributed by atoms with van der Waals surface area (Å²) in [4.78, 5) is 11.2. The number of allylic oxidation sites excluding steroid dienone is 3. The molecule has 1 N–H and O–H groups in total. The van der Waals surface area contributed by atoms with Gasteiger partial charge in [0.1, 0.15) is 0 Å². The first-order valence-electron chi connectivity index (χ1n) is 13.1. The molecule has 0 radical (unpaired) electrons. The van der Waals surface area contributed by atoms with Gasteiger partial charge >= 0.3 is 0 Å². The number of aliphatic imine (C=N–C) groups is 1. The fourth-order valence-electron chi connectivity index (χ4n) is 7.00. The number of hydrogen-bond acceptors (Lipinski definition) is 6. The zero-order chi connectivity index (χ0) is 21.8. The minimum atomic E-state index is 0.489. The summed E-state index contributed by atoms with van der Waals surface area (Å²) in [5.74, 6) is 0. The molecule has 8 atom stereocenters. The van der Waals surface area contributed by atoms with E-state index in [0.29, 0.717) is 11.3 Å². The minimum Gasteiger partial charge on any atom is -0.373 e. The molecule has 6 aliphatic rings. The van der Waals surface area contributed by atoms with Crippen molar-refractivity contribution in [1.82, 2.24) is 10.2 Å². The summed E-state index contributed by atoms with van der Waals surface area (Å²) in [5.41, 5.74) is 3.03. The number of nitrogens with one attached hydrogen (secondary N) is 1. The molecule has 3 nitrogen and oxygen atoms in total. The van der Waals surface area contributed by atoms with E-state index in [9.17, 15) is 0 Å². The van der Waals surface area contributed by atoms with Crippen molar-refractivity contribution < 1.29 is 0 Å². The SMILES string of the molecule is CC/C=C1/SC2CC3=C(CC2N=C1CC)SC1CC2NC4CCCCC4SC2CC1N3C. The molecule has 0 aromatic heterocycles. The van der Waals surface area contributed by atoms with Crippen LogP contribution in [0.15, 0.2) is 26.6 Å². The normalized spacial score (nSPS) is 44.8. The van der Waals surface area contributed by atoms with Crippen LogP contribution in [-0.4, -0.2) is 62.8 Å². The molecule has 1 saturated heterocycles. The third-order valence-corrected chi connectivity index (χ3v) is 13.4. The zero-order valence-corrected chi connectivity index (χ0v) is 22.3. The summed E-state index contributed by atoms with van der Waals surface area (Å²) in [5, 5.41) is 7.23. The summed E-state index contributed by atoms with van der Waals surface area (Å²) in [7, 11) is 2.43. The average Bonchev–Trinajstić information content (AvgIpc) is 2.81. The largest absolute Gasteiger partial charge is 0.373 e. The average molecular weight is 490 g/mol. The van der Waals surface area contributed by atoms with Gasteiger partial charge in [-0.25, -0.2) is 0 Å². The molecule has 3 fully saturated rings. The Kier molecular flexibility index (Phi) is 6.45. The van der Waals surface area contributed by atoms with Crippen LogP contribution < -0.4 is 5.32 Å². The second-order valence-electron chi connectivity index (χ2n) is 10.6. The maximum Gasteiger partial charge on any atom is 0.0675 e. The number of fused-ring (bicyclic) bond motifs is 4. The third kappa shape index (κ3) is 3.93. The topological polar surface area (TPSA) is 27.6 Å². The van der Waals surface area contributed by atoms with Gasteiger partial charge in [-0.2, -0.15) is 11.8 Å². The lowest BCUT2D eigenvalue weighted by molar-refractivity contribution is 0.191. The first-order valence-corrected chi connectivity index (χ1v) is 15.8. The van der Waals surface area contributed by atoms with Crippen LogP contribution in [0.25, 0.3) is 0 Å². The molecule has 32 heavy (non-hydrogen) atoms. The molecule has 0 aromatic rings. The summed E-state index contributed by atoms with van der Waals surface area (Å²) in [6.45, 7) is 4.53. The van der Waals surface area contributed by atoms with E-state index < -0.39 is 0 Å². The molecule has 3 heterocycles. The molecular formula is C26H39N3S3. The molecule has 176 valence electrons. The fraction of sp³-hybridized carbons (Fsp3) is 0.808. The first kappa shape index (κ1) is 22.4. The van der Waals surface area contributed by atoms with E-state index in [4.69, 9.17) is 4.99 Å². The molecule has 3 aliphatic carbocycles. The van der Waals surface area contributed by atoms with E-state index in [1.807, 2.05) is 0 Å². The molecule has 3 aliphatic heterocycles. The van der Waals surface area contributed by atoms with Crippen LogP contribution in [0.3, 0.4) is 0 Å². The van der Waals surface area contributed by atoms with Gasteiger partial charge < -0.3 is 10.2 Å². The van der Waals surface area contributed by atoms with Crippen molar-refractivity contribution in [1.29, 1.82) is 0 Å². The lowest BCUT2D eigenvalue weighted by Crippen LogP contribution is -2.62. The van der Waals surface area contributed by atoms with Gasteiger partial charge in [0.2, 0.25) is 0 Å². The Labute approximate surface area is 207 Å². The van der Waals surface area contributed by atoms with Crippen LogP contribution in [0.4, 0.5) is 0 Å². The predicted octanol–water partition coefficient (Wildman–Crippen LogP) is 6.22. The lowest BCUT2D eigenvalue weighted by Gasteiger charge is -2.55. The molecule has 0 amide bonds. The van der Waals surface area contributed by atoms with E-state index in [1.165, 1.54) is 62.0 Å². The Balaban J connectivity index is 1.21. The van der Waals surface area contributed by atoms with Crippen LogP contribution in [0.1, 0.15) is 78.1 Å². The molecular weight excluding hydrogens is 451 g/mol. The molecule has 0 bridgehead atoms. The Hall–Kier alpha value is -0.0400. The van der Waals surface area contributed by atoms with E-state index in [1.54, 1.807) is 10.6 Å². The van der Waals surface area contributed by atoms with Crippen molar-refractivity contribution >= 4 is 41.0 Å². The van der Waals surface area contributed by atoms with Crippen LogP contribution in [0.5, 0.6) is 0 Å². The maximum absolute atomic E-state index is 5.30. The summed E-state index contributed by atoms with van der Waals surface area (Å²) < 4.78 is 0. The van der Waals surface area contributed by atoms with Gasteiger partial charge in [-0.1, -0.05) is 32.8 Å². The van der Waals surface area contributed by atoms with Gasteiger partial charge in [0, 0.05) is 80.2 Å². The molecule has 0 spiro atoms. The summed E-state index contributed by atoms with van der Waals surface area (Å²) >= 11 is 6.77.